The maximum absolute atomic E-state index is 3.97. The highest BCUT2D eigenvalue weighted by Crippen LogP contribution is 2.32. The molecule has 2 aliphatic rings. The Bertz CT molecular complexity index is 994. The van der Waals surface area contributed by atoms with E-state index < -0.39 is 0 Å². The molecule has 2 saturated carbocycles. The van der Waals surface area contributed by atoms with Crippen LogP contribution < -0.4 is 10.6 Å². The van der Waals surface area contributed by atoms with Crippen LogP contribution in [-0.2, 0) is 6.42 Å². The highest BCUT2D eigenvalue weighted by molar-refractivity contribution is 5.92. The van der Waals surface area contributed by atoms with Gasteiger partial charge in [0, 0.05) is 17.1 Å². The van der Waals surface area contributed by atoms with Gasteiger partial charge in [-0.3, -0.25) is 0 Å². The van der Waals surface area contributed by atoms with Crippen LogP contribution in [0, 0.1) is 12.8 Å². The van der Waals surface area contributed by atoms with E-state index in [4.69, 9.17) is 0 Å². The Morgan fingerprint density at radius 3 is 2.44 bits per heavy atom. The molecule has 0 bridgehead atoms. The van der Waals surface area contributed by atoms with Crippen molar-refractivity contribution in [1.29, 1.82) is 0 Å². The van der Waals surface area contributed by atoms with E-state index in [2.05, 4.69) is 71.1 Å². The van der Waals surface area contributed by atoms with Crippen molar-refractivity contribution in [2.75, 3.05) is 11.9 Å². The number of hydrogen-bond donors (Lipinski definition) is 3. The molecule has 32 heavy (non-hydrogen) atoms. The normalized spacial score (nSPS) is 18.9. The lowest BCUT2D eigenvalue weighted by Gasteiger charge is -2.25. The minimum atomic E-state index is 0.311. The first-order valence-electron chi connectivity index (χ1n) is 12.9. The Balaban J connectivity index is 1.41. The Kier molecular flexibility index (Phi) is 6.83. The monoisotopic (exact) mass is 429 g/mol. The van der Waals surface area contributed by atoms with E-state index in [9.17, 15) is 0 Å². The molecule has 3 nitrogen and oxygen atoms in total. The van der Waals surface area contributed by atoms with Crippen molar-refractivity contribution in [2.24, 2.45) is 5.92 Å². The molecule has 1 aromatic heterocycles. The number of hydrogen-bond acceptors (Lipinski definition) is 2. The van der Waals surface area contributed by atoms with Crippen LogP contribution in [-0.4, -0.2) is 17.6 Å². The fourth-order valence-electron chi connectivity index (χ4n) is 5.85. The fraction of sp³-hybridized carbons (Fsp3) is 0.517. The van der Waals surface area contributed by atoms with Gasteiger partial charge in [-0.05, 0) is 80.8 Å². The summed E-state index contributed by atoms with van der Waals surface area (Å²) >= 11 is 0. The molecule has 0 saturated heterocycles. The van der Waals surface area contributed by atoms with Gasteiger partial charge in [0.15, 0.2) is 0 Å². The van der Waals surface area contributed by atoms with E-state index in [1.807, 2.05) is 0 Å². The second-order valence-corrected chi connectivity index (χ2v) is 10.3. The number of aromatic nitrogens is 1. The summed E-state index contributed by atoms with van der Waals surface area (Å²) in [6, 6.07) is 18.9. The topological polar surface area (TPSA) is 39.9 Å². The van der Waals surface area contributed by atoms with E-state index >= 15 is 0 Å². The summed E-state index contributed by atoms with van der Waals surface area (Å²) in [6.45, 7) is 3.34. The van der Waals surface area contributed by atoms with Crippen LogP contribution in [0.5, 0.6) is 0 Å². The maximum atomic E-state index is 3.97. The Morgan fingerprint density at radius 1 is 0.906 bits per heavy atom. The quantitative estimate of drug-likeness (QED) is 0.352. The Morgan fingerprint density at radius 2 is 1.66 bits per heavy atom. The molecule has 5 rings (SSSR count). The molecule has 1 unspecified atom stereocenters. The average molecular weight is 430 g/mol. The van der Waals surface area contributed by atoms with Crippen molar-refractivity contribution in [1.82, 2.24) is 10.3 Å². The van der Waals surface area contributed by atoms with Crippen LogP contribution in [0.15, 0.2) is 48.5 Å². The van der Waals surface area contributed by atoms with Crippen LogP contribution >= 0.6 is 0 Å². The first kappa shape index (κ1) is 21.6. The second-order valence-electron chi connectivity index (χ2n) is 10.3. The minimum Gasteiger partial charge on any atom is -0.381 e. The molecule has 0 spiro atoms. The summed E-state index contributed by atoms with van der Waals surface area (Å²) in [5.41, 5.74) is 6.60. The Hall–Kier alpha value is -2.26. The molecule has 1 heterocycles. The zero-order chi connectivity index (χ0) is 21.8. The van der Waals surface area contributed by atoms with Crippen molar-refractivity contribution in [3.8, 4) is 0 Å². The number of nitrogens with one attached hydrogen (secondary N) is 3. The minimum absolute atomic E-state index is 0.311. The predicted molar refractivity (Wildman–Crippen MR) is 136 cm³/mol. The van der Waals surface area contributed by atoms with Crippen LogP contribution in [0.1, 0.15) is 80.7 Å². The van der Waals surface area contributed by atoms with E-state index in [0.29, 0.717) is 12.1 Å². The summed E-state index contributed by atoms with van der Waals surface area (Å²) in [7, 11) is 0. The fourth-order valence-corrected chi connectivity index (χ4v) is 5.85. The molecule has 2 aliphatic carbocycles. The van der Waals surface area contributed by atoms with Gasteiger partial charge in [0.2, 0.25) is 0 Å². The van der Waals surface area contributed by atoms with Gasteiger partial charge in [0.25, 0.3) is 0 Å². The zero-order valence-electron chi connectivity index (χ0n) is 19.6. The lowest BCUT2D eigenvalue weighted by Crippen LogP contribution is -2.30. The first-order valence-corrected chi connectivity index (χ1v) is 12.9. The van der Waals surface area contributed by atoms with Crippen LogP contribution in [0.4, 0.5) is 5.69 Å². The van der Waals surface area contributed by atoms with Gasteiger partial charge in [-0.1, -0.05) is 62.4 Å². The van der Waals surface area contributed by atoms with Gasteiger partial charge >= 0.3 is 0 Å². The summed E-state index contributed by atoms with van der Waals surface area (Å²) in [4.78, 5) is 3.85. The number of rotatable bonds is 8. The standard InChI is InChI=1S/C29H39N3/c1-21-16-24-19-27(32-29(24)28(17-21)31-25-14-8-9-15-25)26(18-22-10-4-2-5-11-22)30-20-23-12-6-3-7-13-23/h2,4-5,10-11,16-17,19,23,25-26,30-32H,3,6-9,12-15,18,20H2,1H3. The molecular formula is C29H39N3. The second kappa shape index (κ2) is 10.1. The molecule has 2 fully saturated rings. The van der Waals surface area contributed by atoms with E-state index in [1.165, 1.54) is 91.2 Å². The van der Waals surface area contributed by atoms with Gasteiger partial charge in [0.1, 0.15) is 0 Å². The predicted octanol–water partition coefficient (Wildman–Crippen LogP) is 7.28. The third kappa shape index (κ3) is 5.20. The van der Waals surface area contributed by atoms with Crippen molar-refractivity contribution in [2.45, 2.75) is 83.2 Å². The van der Waals surface area contributed by atoms with Crippen molar-refractivity contribution in [3.63, 3.8) is 0 Å². The first-order chi connectivity index (χ1) is 15.7. The summed E-state index contributed by atoms with van der Waals surface area (Å²) in [5, 5.41) is 9.16. The summed E-state index contributed by atoms with van der Waals surface area (Å²) in [5.74, 6) is 0.827. The van der Waals surface area contributed by atoms with Crippen molar-refractivity contribution in [3.05, 3.63) is 65.4 Å². The van der Waals surface area contributed by atoms with E-state index in [1.54, 1.807) is 0 Å². The molecule has 170 valence electrons. The number of H-pyrrole nitrogens is 1. The molecule has 3 heteroatoms. The molecular weight excluding hydrogens is 390 g/mol. The van der Waals surface area contributed by atoms with Gasteiger partial charge < -0.3 is 15.6 Å². The Labute approximate surface area is 193 Å². The SMILES string of the molecule is Cc1cc(NC2CCCC2)c2[nH]c(C(Cc3ccccc3)NCC3CCCCC3)cc2c1. The number of anilines is 1. The van der Waals surface area contributed by atoms with E-state index in [-0.39, 0.29) is 0 Å². The van der Waals surface area contributed by atoms with Gasteiger partial charge in [-0.25, -0.2) is 0 Å². The molecule has 0 radical (unpaired) electrons. The molecule has 3 N–H and O–H groups in total. The van der Waals surface area contributed by atoms with Gasteiger partial charge in [-0.2, -0.15) is 0 Å². The molecule has 3 aromatic rings. The lowest BCUT2D eigenvalue weighted by atomic mass is 9.89. The van der Waals surface area contributed by atoms with Crippen LogP contribution in [0.2, 0.25) is 0 Å². The van der Waals surface area contributed by atoms with Crippen molar-refractivity contribution < 1.29 is 0 Å². The highest BCUT2D eigenvalue weighted by atomic mass is 15.0. The number of aryl methyl sites for hydroxylation is 1. The van der Waals surface area contributed by atoms with Gasteiger partial charge in [0.05, 0.1) is 17.2 Å². The third-order valence-electron chi connectivity index (χ3n) is 7.64. The zero-order valence-corrected chi connectivity index (χ0v) is 19.6. The van der Waals surface area contributed by atoms with Crippen LogP contribution in [0.3, 0.4) is 0 Å². The lowest BCUT2D eigenvalue weighted by molar-refractivity contribution is 0.326. The average Bonchev–Trinajstić information content (AvgIpc) is 3.48. The van der Waals surface area contributed by atoms with E-state index in [0.717, 1.165) is 18.9 Å². The molecule has 1 atom stereocenters. The largest absolute Gasteiger partial charge is 0.381 e. The molecule has 0 amide bonds. The highest BCUT2D eigenvalue weighted by Gasteiger charge is 2.21. The number of aromatic amines is 1. The number of fused-ring (bicyclic) bond motifs is 1. The third-order valence-corrected chi connectivity index (χ3v) is 7.64. The number of benzene rings is 2. The summed E-state index contributed by atoms with van der Waals surface area (Å²) in [6.07, 6.45) is 13.3. The van der Waals surface area contributed by atoms with Crippen LogP contribution in [0.25, 0.3) is 10.9 Å². The van der Waals surface area contributed by atoms with Crippen molar-refractivity contribution >= 4 is 16.6 Å². The molecule has 2 aromatic carbocycles. The van der Waals surface area contributed by atoms with Gasteiger partial charge in [-0.15, -0.1) is 0 Å². The maximum Gasteiger partial charge on any atom is 0.0692 e. The summed E-state index contributed by atoms with van der Waals surface area (Å²) < 4.78 is 0. The smallest absolute Gasteiger partial charge is 0.0692 e. The molecule has 0 aliphatic heterocycles.